The van der Waals surface area contributed by atoms with E-state index in [9.17, 15) is 0 Å². The first kappa shape index (κ1) is 13.4. The zero-order valence-electron chi connectivity index (χ0n) is 12.3. The zero-order valence-corrected chi connectivity index (χ0v) is 12.3. The van der Waals surface area contributed by atoms with Crippen LogP contribution in [-0.4, -0.2) is 16.5 Å². The second-order valence-electron chi connectivity index (χ2n) is 6.36. The van der Waals surface area contributed by atoms with Crippen LogP contribution >= 0.6 is 0 Å². The van der Waals surface area contributed by atoms with Crippen molar-refractivity contribution >= 4 is 0 Å². The number of hydrogen-bond acceptors (Lipinski definition) is 2. The molecule has 0 saturated carbocycles. The standard InChI is InChI=1S/C17H23N3/c1-17(2)9-7-13-5-3-4-6-14(13)16(17)20-10-8-15-18-11-12-19-15/h3-6,11-12,16,20H,7-10H2,1-2H3,(H,18,19). The summed E-state index contributed by atoms with van der Waals surface area (Å²) in [6, 6.07) is 9.29. The van der Waals surface area contributed by atoms with Crippen LogP contribution in [0.15, 0.2) is 36.7 Å². The molecule has 1 unspecified atom stereocenters. The lowest BCUT2D eigenvalue weighted by molar-refractivity contribution is 0.210. The number of hydrogen-bond donors (Lipinski definition) is 2. The molecule has 0 spiro atoms. The largest absolute Gasteiger partial charge is 0.349 e. The normalized spacial score (nSPS) is 20.6. The summed E-state index contributed by atoms with van der Waals surface area (Å²) >= 11 is 0. The molecule has 20 heavy (non-hydrogen) atoms. The van der Waals surface area contributed by atoms with E-state index in [0.29, 0.717) is 11.5 Å². The molecule has 3 nitrogen and oxygen atoms in total. The summed E-state index contributed by atoms with van der Waals surface area (Å²) in [5, 5.41) is 3.75. The molecule has 2 aromatic rings. The Morgan fingerprint density at radius 1 is 1.35 bits per heavy atom. The van der Waals surface area contributed by atoms with Gasteiger partial charge in [-0.25, -0.2) is 4.98 Å². The quantitative estimate of drug-likeness (QED) is 0.894. The first-order valence-electron chi connectivity index (χ1n) is 7.46. The third-order valence-corrected chi connectivity index (χ3v) is 4.45. The Balaban J connectivity index is 1.72. The number of H-pyrrole nitrogens is 1. The van der Waals surface area contributed by atoms with Gasteiger partial charge >= 0.3 is 0 Å². The first-order valence-corrected chi connectivity index (χ1v) is 7.46. The summed E-state index contributed by atoms with van der Waals surface area (Å²) in [5.74, 6) is 1.06. The monoisotopic (exact) mass is 269 g/mol. The lowest BCUT2D eigenvalue weighted by atomic mass is 9.70. The van der Waals surface area contributed by atoms with Gasteiger partial charge in [-0.2, -0.15) is 0 Å². The summed E-state index contributed by atoms with van der Waals surface area (Å²) in [6.07, 6.45) is 7.08. The van der Waals surface area contributed by atoms with Gasteiger partial charge in [0.2, 0.25) is 0 Å². The average molecular weight is 269 g/mol. The number of nitrogens with one attached hydrogen (secondary N) is 2. The van der Waals surface area contributed by atoms with Crippen LogP contribution in [0.4, 0.5) is 0 Å². The van der Waals surface area contributed by atoms with Gasteiger partial charge < -0.3 is 10.3 Å². The van der Waals surface area contributed by atoms with Gasteiger partial charge in [-0.1, -0.05) is 38.1 Å². The molecule has 0 aliphatic heterocycles. The van der Waals surface area contributed by atoms with Crippen LogP contribution in [0.5, 0.6) is 0 Å². The maximum atomic E-state index is 4.28. The fraction of sp³-hybridized carbons (Fsp3) is 0.471. The van der Waals surface area contributed by atoms with E-state index in [0.717, 1.165) is 18.8 Å². The lowest BCUT2D eigenvalue weighted by Crippen LogP contribution is -2.39. The van der Waals surface area contributed by atoms with E-state index in [1.54, 1.807) is 0 Å². The Kier molecular flexibility index (Phi) is 3.62. The Hall–Kier alpha value is -1.61. The predicted octanol–water partition coefficient (Wildman–Crippen LogP) is 3.26. The van der Waals surface area contributed by atoms with Crippen LogP contribution in [-0.2, 0) is 12.8 Å². The van der Waals surface area contributed by atoms with E-state index < -0.39 is 0 Å². The molecule has 1 atom stereocenters. The highest BCUT2D eigenvalue weighted by molar-refractivity contribution is 5.34. The zero-order chi connectivity index (χ0) is 14.0. The summed E-state index contributed by atoms with van der Waals surface area (Å²) in [7, 11) is 0. The van der Waals surface area contributed by atoms with Crippen LogP contribution < -0.4 is 5.32 Å². The van der Waals surface area contributed by atoms with Gasteiger partial charge in [0.1, 0.15) is 5.82 Å². The van der Waals surface area contributed by atoms with Gasteiger partial charge in [0.05, 0.1) is 0 Å². The number of benzene rings is 1. The minimum atomic E-state index is 0.303. The number of aromatic nitrogens is 2. The fourth-order valence-corrected chi connectivity index (χ4v) is 3.22. The molecule has 0 saturated heterocycles. The summed E-state index contributed by atoms with van der Waals surface area (Å²) in [6.45, 7) is 5.69. The van der Waals surface area contributed by atoms with Crippen LogP contribution in [0.1, 0.15) is 43.3 Å². The van der Waals surface area contributed by atoms with Crippen molar-refractivity contribution in [2.45, 2.75) is 39.2 Å². The van der Waals surface area contributed by atoms with E-state index in [-0.39, 0.29) is 0 Å². The molecule has 0 fully saturated rings. The maximum absolute atomic E-state index is 4.28. The number of rotatable bonds is 4. The minimum Gasteiger partial charge on any atom is -0.349 e. The molecule has 1 heterocycles. The van der Waals surface area contributed by atoms with E-state index in [1.165, 1.54) is 24.0 Å². The summed E-state index contributed by atoms with van der Waals surface area (Å²) in [4.78, 5) is 7.45. The molecule has 3 heteroatoms. The Labute approximate surface area is 120 Å². The Morgan fingerprint density at radius 2 is 2.20 bits per heavy atom. The molecule has 0 bridgehead atoms. The van der Waals surface area contributed by atoms with E-state index in [4.69, 9.17) is 0 Å². The van der Waals surface area contributed by atoms with Crippen LogP contribution in [0, 0.1) is 5.41 Å². The lowest BCUT2D eigenvalue weighted by Gasteiger charge is -2.40. The predicted molar refractivity (Wildman–Crippen MR) is 81.6 cm³/mol. The molecule has 1 aliphatic carbocycles. The molecule has 1 aliphatic rings. The van der Waals surface area contributed by atoms with Crippen LogP contribution in [0.3, 0.4) is 0 Å². The van der Waals surface area contributed by atoms with Crippen molar-refractivity contribution in [3.63, 3.8) is 0 Å². The van der Waals surface area contributed by atoms with Crippen molar-refractivity contribution in [2.24, 2.45) is 5.41 Å². The molecule has 106 valence electrons. The smallest absolute Gasteiger partial charge is 0.107 e. The van der Waals surface area contributed by atoms with Crippen LogP contribution in [0.2, 0.25) is 0 Å². The third kappa shape index (κ3) is 2.63. The molecule has 1 aromatic carbocycles. The van der Waals surface area contributed by atoms with Gasteiger partial charge in [0, 0.05) is 31.4 Å². The van der Waals surface area contributed by atoms with Crippen LogP contribution in [0.25, 0.3) is 0 Å². The van der Waals surface area contributed by atoms with Gasteiger partial charge in [0.15, 0.2) is 0 Å². The highest BCUT2D eigenvalue weighted by Crippen LogP contribution is 2.43. The number of imidazole rings is 1. The van der Waals surface area contributed by atoms with Gasteiger partial charge in [-0.15, -0.1) is 0 Å². The molecule has 2 N–H and O–H groups in total. The molecule has 3 rings (SSSR count). The molecule has 1 aromatic heterocycles. The summed E-state index contributed by atoms with van der Waals surface area (Å²) < 4.78 is 0. The van der Waals surface area contributed by atoms with Gasteiger partial charge in [-0.05, 0) is 29.4 Å². The van der Waals surface area contributed by atoms with Crippen molar-refractivity contribution in [1.29, 1.82) is 0 Å². The summed E-state index contributed by atoms with van der Waals surface area (Å²) in [5.41, 5.74) is 3.28. The number of aromatic amines is 1. The van der Waals surface area contributed by atoms with E-state index in [2.05, 4.69) is 53.4 Å². The Bertz CT molecular complexity index is 557. The van der Waals surface area contributed by atoms with Gasteiger partial charge in [0.25, 0.3) is 0 Å². The third-order valence-electron chi connectivity index (χ3n) is 4.45. The topological polar surface area (TPSA) is 40.7 Å². The Morgan fingerprint density at radius 3 is 3.00 bits per heavy atom. The highest BCUT2D eigenvalue weighted by Gasteiger charge is 2.35. The SMILES string of the molecule is CC1(C)CCc2ccccc2C1NCCc1ncc[nH]1. The van der Waals surface area contributed by atoms with Crippen molar-refractivity contribution in [3.05, 3.63) is 53.6 Å². The highest BCUT2D eigenvalue weighted by atomic mass is 15.0. The van der Waals surface area contributed by atoms with Gasteiger partial charge in [-0.3, -0.25) is 0 Å². The van der Waals surface area contributed by atoms with E-state index >= 15 is 0 Å². The van der Waals surface area contributed by atoms with Crippen molar-refractivity contribution < 1.29 is 0 Å². The maximum Gasteiger partial charge on any atom is 0.107 e. The number of aryl methyl sites for hydroxylation is 1. The second-order valence-corrected chi connectivity index (χ2v) is 6.36. The van der Waals surface area contributed by atoms with Crippen molar-refractivity contribution in [1.82, 2.24) is 15.3 Å². The first-order chi connectivity index (χ1) is 9.67. The van der Waals surface area contributed by atoms with E-state index in [1.807, 2.05) is 12.4 Å². The minimum absolute atomic E-state index is 0.303. The molecular formula is C17H23N3. The number of nitrogens with zero attached hydrogens (tertiary/aromatic N) is 1. The number of fused-ring (bicyclic) bond motifs is 1. The molecular weight excluding hydrogens is 246 g/mol. The fourth-order valence-electron chi connectivity index (χ4n) is 3.22. The second kappa shape index (κ2) is 5.41. The van der Waals surface area contributed by atoms with Crippen molar-refractivity contribution in [3.8, 4) is 0 Å². The molecule has 0 amide bonds. The average Bonchev–Trinajstić information content (AvgIpc) is 2.94. The van der Waals surface area contributed by atoms with Crippen molar-refractivity contribution in [2.75, 3.05) is 6.54 Å². The molecule has 0 radical (unpaired) electrons.